The van der Waals surface area contributed by atoms with E-state index in [0.717, 1.165) is 43.8 Å². The van der Waals surface area contributed by atoms with Crippen molar-refractivity contribution in [2.24, 2.45) is 0 Å². The minimum absolute atomic E-state index is 0.0184. The molecule has 6 rings (SSSR count). The van der Waals surface area contributed by atoms with Crippen molar-refractivity contribution in [2.75, 3.05) is 4.90 Å². The van der Waals surface area contributed by atoms with Crippen LogP contribution in [0.3, 0.4) is 0 Å². The zero-order valence-electron chi connectivity index (χ0n) is 31.0. The molecule has 0 saturated carbocycles. The average molecular weight is 718 g/mol. The standard InChI is InChI=1S/C43H44BrFN2.C2H6/c1-27-13-12-14-28(2)39(27)40-29(3)46(36-16-11-10-15-35(36)40)37-25-32(45)26-38(41(37)44)47(33-21-17-30(18-22-33)42(4,5)6)34-23-19-31(20-24-34)43(7,8)9;1-2/h10-26H,1-9H3;1-2H3. The van der Waals surface area contributed by atoms with Gasteiger partial charge in [-0.25, -0.2) is 4.39 Å². The summed E-state index contributed by atoms with van der Waals surface area (Å²) >= 11 is 4.03. The lowest BCUT2D eigenvalue weighted by Gasteiger charge is -2.29. The van der Waals surface area contributed by atoms with E-state index in [-0.39, 0.29) is 16.6 Å². The summed E-state index contributed by atoms with van der Waals surface area (Å²) < 4.78 is 19.1. The molecule has 0 radical (unpaired) electrons. The van der Waals surface area contributed by atoms with Gasteiger partial charge in [-0.15, -0.1) is 0 Å². The van der Waals surface area contributed by atoms with E-state index in [4.69, 9.17) is 0 Å². The molecular weight excluding hydrogens is 667 g/mol. The minimum atomic E-state index is -0.299. The second-order valence-electron chi connectivity index (χ2n) is 14.8. The molecule has 6 aromatic rings. The Balaban J connectivity index is 0.00000230. The molecule has 4 heteroatoms. The number of fused-ring (bicyclic) bond motifs is 1. The van der Waals surface area contributed by atoms with Crippen molar-refractivity contribution in [1.29, 1.82) is 0 Å². The van der Waals surface area contributed by atoms with Gasteiger partial charge in [0.15, 0.2) is 0 Å². The third-order valence-corrected chi connectivity index (χ3v) is 10.1. The first-order valence-electron chi connectivity index (χ1n) is 17.3. The lowest BCUT2D eigenvalue weighted by atomic mass is 9.86. The maximum Gasteiger partial charge on any atom is 0.127 e. The number of para-hydroxylation sites is 1. The van der Waals surface area contributed by atoms with E-state index >= 15 is 4.39 Å². The number of aryl methyl sites for hydroxylation is 2. The van der Waals surface area contributed by atoms with E-state index in [9.17, 15) is 0 Å². The molecule has 0 saturated heterocycles. The van der Waals surface area contributed by atoms with Gasteiger partial charge in [0.05, 0.1) is 21.4 Å². The SMILES string of the molecule is CC.Cc1cccc(C)c1-c1c(C)n(-c2cc(F)cc(N(c3ccc(C(C)(C)C)cc3)c3ccc(C(C)(C)C)cc3)c2Br)c2ccccc12. The Hall–Kier alpha value is -4.15. The average Bonchev–Trinajstić information content (AvgIpc) is 3.34. The highest BCUT2D eigenvalue weighted by atomic mass is 79.9. The van der Waals surface area contributed by atoms with E-state index < -0.39 is 0 Å². The quantitative estimate of drug-likeness (QED) is 0.172. The zero-order chi connectivity index (χ0) is 35.8. The summed E-state index contributed by atoms with van der Waals surface area (Å²) in [7, 11) is 0. The van der Waals surface area contributed by atoms with Gasteiger partial charge in [0.1, 0.15) is 5.82 Å². The topological polar surface area (TPSA) is 8.17 Å². The van der Waals surface area contributed by atoms with Crippen LogP contribution >= 0.6 is 15.9 Å². The van der Waals surface area contributed by atoms with Crippen LogP contribution in [0, 0.1) is 26.6 Å². The number of aromatic nitrogens is 1. The Kier molecular flexibility index (Phi) is 10.3. The smallest absolute Gasteiger partial charge is 0.127 e. The molecule has 1 aromatic heterocycles. The third-order valence-electron chi connectivity index (χ3n) is 9.31. The fourth-order valence-electron chi connectivity index (χ4n) is 6.74. The van der Waals surface area contributed by atoms with Crippen molar-refractivity contribution in [3.05, 3.63) is 141 Å². The summed E-state index contributed by atoms with van der Waals surface area (Å²) in [6.07, 6.45) is 0. The lowest BCUT2D eigenvalue weighted by molar-refractivity contribution is 0.590. The highest BCUT2D eigenvalue weighted by Gasteiger charge is 2.25. The van der Waals surface area contributed by atoms with Crippen LogP contribution in [0.1, 0.15) is 83.3 Å². The third kappa shape index (κ3) is 6.99. The van der Waals surface area contributed by atoms with Crippen LogP contribution < -0.4 is 4.90 Å². The predicted octanol–water partition coefficient (Wildman–Crippen LogP) is 14.2. The van der Waals surface area contributed by atoms with Gasteiger partial charge in [-0.3, -0.25) is 0 Å². The van der Waals surface area contributed by atoms with Crippen LogP contribution in [0.25, 0.3) is 27.7 Å². The number of anilines is 3. The Bertz CT molecular complexity index is 2010. The molecule has 0 N–H and O–H groups in total. The van der Waals surface area contributed by atoms with Crippen LogP contribution in [0.4, 0.5) is 21.5 Å². The molecule has 0 atom stereocenters. The Morgan fingerprint density at radius 3 is 1.59 bits per heavy atom. The van der Waals surface area contributed by atoms with E-state index in [1.807, 2.05) is 13.8 Å². The summed E-state index contributed by atoms with van der Waals surface area (Å²) in [4.78, 5) is 2.16. The first-order valence-corrected chi connectivity index (χ1v) is 18.1. The van der Waals surface area contributed by atoms with Crippen molar-refractivity contribution < 1.29 is 4.39 Å². The number of hydrogen-bond acceptors (Lipinski definition) is 1. The molecule has 2 nitrogen and oxygen atoms in total. The fourth-order valence-corrected chi connectivity index (χ4v) is 7.32. The number of rotatable bonds is 5. The number of nitrogens with zero attached hydrogens (tertiary/aromatic N) is 2. The molecule has 0 unspecified atom stereocenters. The number of halogens is 2. The van der Waals surface area contributed by atoms with Gasteiger partial charge in [0.2, 0.25) is 0 Å². The summed E-state index contributed by atoms with van der Waals surface area (Å²) in [6.45, 7) is 23.8. The maximum absolute atomic E-state index is 16.1. The number of hydrogen-bond donors (Lipinski definition) is 0. The van der Waals surface area contributed by atoms with E-state index in [1.165, 1.54) is 33.4 Å². The Labute approximate surface area is 301 Å². The van der Waals surface area contributed by atoms with Gasteiger partial charge < -0.3 is 9.47 Å². The van der Waals surface area contributed by atoms with E-state index in [2.05, 4.69) is 179 Å². The normalized spacial score (nSPS) is 11.8. The second-order valence-corrected chi connectivity index (χ2v) is 15.6. The lowest BCUT2D eigenvalue weighted by Crippen LogP contribution is -2.15. The zero-order valence-corrected chi connectivity index (χ0v) is 32.6. The molecular formula is C45H50BrFN2. The molecule has 0 amide bonds. The summed E-state index contributed by atoms with van der Waals surface area (Å²) in [5.41, 5.74) is 12.9. The summed E-state index contributed by atoms with van der Waals surface area (Å²) in [5.74, 6) is -0.299. The van der Waals surface area contributed by atoms with Crippen LogP contribution in [-0.4, -0.2) is 4.57 Å². The molecule has 0 aliphatic carbocycles. The van der Waals surface area contributed by atoms with Crippen LogP contribution in [0.15, 0.2) is 108 Å². The molecule has 0 bridgehead atoms. The Morgan fingerprint density at radius 2 is 1.10 bits per heavy atom. The molecule has 0 spiro atoms. The maximum atomic E-state index is 16.1. The fraction of sp³-hybridized carbons (Fsp3) is 0.289. The van der Waals surface area contributed by atoms with Crippen molar-refractivity contribution >= 4 is 43.9 Å². The van der Waals surface area contributed by atoms with Crippen LogP contribution in [0.5, 0.6) is 0 Å². The molecule has 1 heterocycles. The van der Waals surface area contributed by atoms with Crippen molar-refractivity contribution in [3.8, 4) is 16.8 Å². The van der Waals surface area contributed by atoms with Gasteiger partial charge in [-0.1, -0.05) is 116 Å². The molecule has 0 fully saturated rings. The van der Waals surface area contributed by atoms with Crippen LogP contribution in [-0.2, 0) is 10.8 Å². The molecule has 49 heavy (non-hydrogen) atoms. The second kappa shape index (κ2) is 14.0. The minimum Gasteiger partial charge on any atom is -0.312 e. The van der Waals surface area contributed by atoms with E-state index in [1.54, 1.807) is 12.1 Å². The van der Waals surface area contributed by atoms with Crippen molar-refractivity contribution in [3.63, 3.8) is 0 Å². The monoisotopic (exact) mass is 716 g/mol. The van der Waals surface area contributed by atoms with Gasteiger partial charge in [-0.05, 0) is 118 Å². The van der Waals surface area contributed by atoms with Gasteiger partial charge in [0.25, 0.3) is 0 Å². The van der Waals surface area contributed by atoms with Crippen molar-refractivity contribution in [2.45, 2.75) is 87.0 Å². The number of benzene rings is 5. The summed E-state index contributed by atoms with van der Waals surface area (Å²) in [6, 6.07) is 35.5. The first-order chi connectivity index (χ1) is 23.2. The molecule has 0 aliphatic heterocycles. The van der Waals surface area contributed by atoms with Crippen molar-refractivity contribution in [1.82, 2.24) is 4.57 Å². The Morgan fingerprint density at radius 1 is 0.612 bits per heavy atom. The molecule has 5 aromatic carbocycles. The predicted molar refractivity (Wildman–Crippen MR) is 214 cm³/mol. The first kappa shape index (κ1) is 36.1. The van der Waals surface area contributed by atoms with Crippen LogP contribution in [0.2, 0.25) is 0 Å². The highest BCUT2D eigenvalue weighted by Crippen LogP contribution is 2.46. The van der Waals surface area contributed by atoms with Gasteiger partial charge in [0, 0.05) is 28.0 Å². The molecule has 254 valence electrons. The van der Waals surface area contributed by atoms with Gasteiger partial charge >= 0.3 is 0 Å². The van der Waals surface area contributed by atoms with Gasteiger partial charge in [-0.2, -0.15) is 0 Å². The summed E-state index contributed by atoms with van der Waals surface area (Å²) in [5, 5.41) is 1.15. The van der Waals surface area contributed by atoms with E-state index in [0.29, 0.717) is 0 Å². The highest BCUT2D eigenvalue weighted by molar-refractivity contribution is 9.10. The largest absolute Gasteiger partial charge is 0.312 e. The molecule has 0 aliphatic rings.